The van der Waals surface area contributed by atoms with Crippen LogP contribution in [0.15, 0.2) is 67.2 Å². The zero-order valence-electron chi connectivity index (χ0n) is 18.5. The van der Waals surface area contributed by atoms with E-state index < -0.39 is 8.32 Å². The molecule has 0 bridgehead atoms. The predicted molar refractivity (Wildman–Crippen MR) is 126 cm³/mol. The normalized spacial score (nSPS) is 11.9. The Bertz CT molecular complexity index is 959. The molecule has 1 aromatic heterocycles. The summed E-state index contributed by atoms with van der Waals surface area (Å²) in [6.45, 7) is 12.9. The van der Waals surface area contributed by atoms with Gasteiger partial charge in [-0.25, -0.2) is 4.98 Å². The predicted octanol–water partition coefficient (Wildman–Crippen LogP) is 4.51. The number of hydrogen-bond acceptors (Lipinski definition) is 4. The van der Waals surface area contributed by atoms with Crippen LogP contribution in [0.4, 0.5) is 0 Å². The fourth-order valence-electron chi connectivity index (χ4n) is 3.96. The molecule has 30 heavy (non-hydrogen) atoms. The first-order valence-corrected chi connectivity index (χ1v) is 12.0. The van der Waals surface area contributed by atoms with Crippen molar-refractivity contribution in [1.82, 2.24) is 9.97 Å². The number of aromatic nitrogens is 2. The quantitative estimate of drug-likeness (QED) is 0.530. The Kier molecular flexibility index (Phi) is 6.54. The van der Waals surface area contributed by atoms with Gasteiger partial charge in [-0.1, -0.05) is 88.0 Å². The largest absolute Gasteiger partial charge is 0.481 e. The van der Waals surface area contributed by atoms with Crippen LogP contribution in [0.1, 0.15) is 37.9 Å². The Balaban J connectivity index is 2.15. The minimum atomic E-state index is -2.64. The van der Waals surface area contributed by atoms with E-state index in [2.05, 4.69) is 85.8 Å². The molecular weight excluding hydrogens is 388 g/mol. The topological polar surface area (TPSA) is 44.2 Å². The van der Waals surface area contributed by atoms with Crippen LogP contribution in [0.25, 0.3) is 6.08 Å². The van der Waals surface area contributed by atoms with Gasteiger partial charge in [0.15, 0.2) is 5.82 Å². The monoisotopic (exact) mass is 418 g/mol. The molecular formula is C25H30N2O2Si. The van der Waals surface area contributed by atoms with E-state index in [4.69, 9.17) is 9.16 Å². The van der Waals surface area contributed by atoms with E-state index in [1.165, 1.54) is 10.4 Å². The van der Waals surface area contributed by atoms with Gasteiger partial charge in [0.1, 0.15) is 0 Å². The first-order valence-electron chi connectivity index (χ1n) is 10.1. The molecule has 0 amide bonds. The number of rotatable bonds is 7. The van der Waals surface area contributed by atoms with Gasteiger partial charge in [-0.05, 0) is 28.4 Å². The Hall–Kier alpha value is -2.76. The van der Waals surface area contributed by atoms with Gasteiger partial charge in [-0.3, -0.25) is 0 Å². The van der Waals surface area contributed by atoms with Gasteiger partial charge >= 0.3 is 0 Å². The Morgan fingerprint density at radius 3 is 1.90 bits per heavy atom. The number of ether oxygens (including phenoxy) is 1. The minimum absolute atomic E-state index is 0.0985. The molecule has 0 spiro atoms. The molecule has 5 heteroatoms. The van der Waals surface area contributed by atoms with Crippen molar-refractivity contribution in [3.8, 4) is 5.88 Å². The molecule has 0 atom stereocenters. The summed E-state index contributed by atoms with van der Waals surface area (Å²) < 4.78 is 12.6. The van der Waals surface area contributed by atoms with Gasteiger partial charge in [-0.2, -0.15) is 4.98 Å². The van der Waals surface area contributed by atoms with Crippen LogP contribution in [-0.4, -0.2) is 25.4 Å². The van der Waals surface area contributed by atoms with Crippen LogP contribution >= 0.6 is 0 Å². The summed E-state index contributed by atoms with van der Waals surface area (Å²) in [5.41, 5.74) is 1.71. The van der Waals surface area contributed by atoms with Crippen LogP contribution in [0.5, 0.6) is 5.88 Å². The van der Waals surface area contributed by atoms with Gasteiger partial charge in [0.2, 0.25) is 5.88 Å². The smallest absolute Gasteiger partial charge is 0.261 e. The second-order valence-electron chi connectivity index (χ2n) is 8.31. The Labute approximate surface area is 180 Å². The molecule has 156 valence electrons. The molecule has 0 saturated heterocycles. The average Bonchev–Trinajstić information content (AvgIpc) is 2.75. The van der Waals surface area contributed by atoms with E-state index in [0.717, 1.165) is 11.3 Å². The lowest BCUT2D eigenvalue weighted by atomic mass is 10.2. The van der Waals surface area contributed by atoms with Crippen molar-refractivity contribution in [3.63, 3.8) is 0 Å². The SMILES string of the molecule is C=Cc1nc(C)c(CO[Si](c2ccccc2)(c2ccccc2)C(C)(C)C)c(OC)n1. The van der Waals surface area contributed by atoms with Crippen LogP contribution in [-0.2, 0) is 11.0 Å². The van der Waals surface area contributed by atoms with Crippen molar-refractivity contribution in [2.75, 3.05) is 7.11 Å². The summed E-state index contributed by atoms with van der Waals surface area (Å²) in [5, 5.41) is 2.38. The average molecular weight is 419 g/mol. The molecule has 2 aromatic carbocycles. The second kappa shape index (κ2) is 8.94. The lowest BCUT2D eigenvalue weighted by molar-refractivity contribution is 0.274. The fraction of sp³-hybridized carbons (Fsp3) is 0.280. The molecule has 1 heterocycles. The maximum Gasteiger partial charge on any atom is 0.261 e. The van der Waals surface area contributed by atoms with Gasteiger partial charge in [-0.15, -0.1) is 0 Å². The standard InChI is InChI=1S/C25H30N2O2Si/c1-7-23-26-19(2)22(24(27-23)28-6)18-29-30(25(3,4)5,20-14-10-8-11-15-20)21-16-12-9-13-17-21/h7-17H,1,18H2,2-6H3. The van der Waals surface area contributed by atoms with E-state index in [0.29, 0.717) is 18.3 Å². The first kappa shape index (κ1) is 21.9. The highest BCUT2D eigenvalue weighted by Gasteiger charge is 2.50. The second-order valence-corrected chi connectivity index (χ2v) is 12.6. The summed E-state index contributed by atoms with van der Waals surface area (Å²) in [7, 11) is -1.02. The van der Waals surface area contributed by atoms with E-state index in [1.54, 1.807) is 13.2 Å². The van der Waals surface area contributed by atoms with Crippen molar-refractivity contribution < 1.29 is 9.16 Å². The highest BCUT2D eigenvalue weighted by molar-refractivity contribution is 6.99. The first-order chi connectivity index (χ1) is 14.3. The van der Waals surface area contributed by atoms with Crippen LogP contribution in [0.3, 0.4) is 0 Å². The molecule has 0 unspecified atom stereocenters. The molecule has 0 radical (unpaired) electrons. The third kappa shape index (κ3) is 4.09. The lowest BCUT2D eigenvalue weighted by Gasteiger charge is -2.43. The van der Waals surface area contributed by atoms with Crippen molar-refractivity contribution in [2.24, 2.45) is 0 Å². The zero-order chi connectivity index (χ0) is 21.8. The molecule has 0 aliphatic carbocycles. The van der Waals surface area contributed by atoms with Crippen molar-refractivity contribution in [2.45, 2.75) is 39.3 Å². The number of hydrogen-bond donors (Lipinski definition) is 0. The van der Waals surface area contributed by atoms with E-state index >= 15 is 0 Å². The summed E-state index contributed by atoms with van der Waals surface area (Å²) >= 11 is 0. The molecule has 4 nitrogen and oxygen atoms in total. The number of nitrogens with zero attached hydrogens (tertiary/aromatic N) is 2. The van der Waals surface area contributed by atoms with Gasteiger partial charge < -0.3 is 9.16 Å². The molecule has 0 aliphatic heterocycles. The Morgan fingerprint density at radius 2 is 1.47 bits per heavy atom. The number of benzene rings is 2. The summed E-state index contributed by atoms with van der Waals surface area (Å²) in [6.07, 6.45) is 1.63. The van der Waals surface area contributed by atoms with Crippen LogP contribution in [0.2, 0.25) is 5.04 Å². The third-order valence-corrected chi connectivity index (χ3v) is 10.4. The maximum absolute atomic E-state index is 7.00. The van der Waals surface area contributed by atoms with Crippen LogP contribution < -0.4 is 15.1 Å². The third-order valence-electron chi connectivity index (χ3n) is 5.42. The molecule has 0 aliphatic rings. The van der Waals surface area contributed by atoms with E-state index in [9.17, 15) is 0 Å². The van der Waals surface area contributed by atoms with Crippen molar-refractivity contribution in [3.05, 3.63) is 84.3 Å². The molecule has 3 aromatic rings. The van der Waals surface area contributed by atoms with Gasteiger partial charge in [0.05, 0.1) is 25.0 Å². The molecule has 0 saturated carbocycles. The highest BCUT2D eigenvalue weighted by Crippen LogP contribution is 2.38. The highest BCUT2D eigenvalue weighted by atomic mass is 28.4. The molecule has 0 N–H and O–H groups in total. The van der Waals surface area contributed by atoms with Crippen molar-refractivity contribution >= 4 is 24.8 Å². The summed E-state index contributed by atoms with van der Waals surface area (Å²) in [4.78, 5) is 9.00. The molecule has 0 fully saturated rings. The van der Waals surface area contributed by atoms with Crippen LogP contribution in [0, 0.1) is 6.92 Å². The Morgan fingerprint density at radius 1 is 0.933 bits per heavy atom. The lowest BCUT2D eigenvalue weighted by Crippen LogP contribution is -2.66. The summed E-state index contributed by atoms with van der Waals surface area (Å²) in [5.74, 6) is 1.09. The minimum Gasteiger partial charge on any atom is -0.481 e. The fourth-order valence-corrected chi connectivity index (χ4v) is 8.48. The van der Waals surface area contributed by atoms with Crippen molar-refractivity contribution in [1.29, 1.82) is 0 Å². The van der Waals surface area contributed by atoms with Gasteiger partial charge in [0.25, 0.3) is 8.32 Å². The zero-order valence-corrected chi connectivity index (χ0v) is 19.5. The number of methoxy groups -OCH3 is 1. The van der Waals surface area contributed by atoms with E-state index in [-0.39, 0.29) is 5.04 Å². The summed E-state index contributed by atoms with van der Waals surface area (Å²) in [6, 6.07) is 21.2. The maximum atomic E-state index is 7.00. The van der Waals surface area contributed by atoms with Gasteiger partial charge in [0, 0.05) is 0 Å². The molecule has 3 rings (SSSR count). The number of aryl methyl sites for hydroxylation is 1. The van der Waals surface area contributed by atoms with E-state index in [1.807, 2.05) is 19.1 Å².